The molecule has 0 saturated carbocycles. The fraction of sp³-hybridized carbons (Fsp3) is 0.0556. The van der Waals surface area contributed by atoms with Gasteiger partial charge in [0.15, 0.2) is 5.76 Å². The van der Waals surface area contributed by atoms with Crippen LogP contribution in [0.3, 0.4) is 0 Å². The molecule has 0 fully saturated rings. The topological polar surface area (TPSA) is 64.7 Å². The molecule has 2 aromatic carbocycles. The molecular formula is C18H14N2O3. The second-order valence-corrected chi connectivity index (χ2v) is 4.86. The Labute approximate surface area is 133 Å². The molecule has 3 rings (SSSR count). The highest BCUT2D eigenvalue weighted by atomic mass is 16.7. The van der Waals surface area contributed by atoms with Crippen molar-refractivity contribution >= 4 is 11.7 Å². The summed E-state index contributed by atoms with van der Waals surface area (Å²) in [6, 6.07) is 20.1. The van der Waals surface area contributed by atoms with Crippen LogP contribution in [0.4, 0.5) is 0 Å². The first-order valence-electron chi connectivity index (χ1n) is 7.07. The lowest BCUT2D eigenvalue weighted by Gasteiger charge is -1.98. The molecule has 0 atom stereocenters. The maximum Gasteiger partial charge on any atom is 0.365 e. The Hall–Kier alpha value is -3.21. The van der Waals surface area contributed by atoms with E-state index in [0.717, 1.165) is 5.56 Å². The Morgan fingerprint density at radius 1 is 1.04 bits per heavy atom. The number of aromatic nitrogens is 1. The Bertz CT molecular complexity index is 824. The van der Waals surface area contributed by atoms with Crippen molar-refractivity contribution in [2.24, 2.45) is 5.16 Å². The SMILES string of the molecule is C/C(=N/OC(=O)c1ccccc1)c1cc(-c2ccccc2)no1. The highest BCUT2D eigenvalue weighted by Gasteiger charge is 2.11. The fourth-order valence-electron chi connectivity index (χ4n) is 1.97. The van der Waals surface area contributed by atoms with Crippen molar-refractivity contribution in [1.82, 2.24) is 5.16 Å². The van der Waals surface area contributed by atoms with E-state index in [0.29, 0.717) is 22.7 Å². The fourth-order valence-corrected chi connectivity index (χ4v) is 1.97. The number of carbonyl (C=O) groups excluding carboxylic acids is 1. The van der Waals surface area contributed by atoms with Crippen LogP contribution < -0.4 is 0 Å². The molecule has 0 bridgehead atoms. The molecule has 0 N–H and O–H groups in total. The van der Waals surface area contributed by atoms with Gasteiger partial charge in [-0.15, -0.1) is 0 Å². The third kappa shape index (κ3) is 3.52. The standard InChI is InChI=1S/C18H14N2O3/c1-13(19-23-18(21)15-10-6-3-7-11-15)17-12-16(20-22-17)14-8-4-2-5-9-14/h2-12H,1H3/b19-13-. The van der Waals surface area contributed by atoms with E-state index in [1.807, 2.05) is 36.4 Å². The zero-order chi connectivity index (χ0) is 16.1. The average molecular weight is 306 g/mol. The Morgan fingerprint density at radius 2 is 1.70 bits per heavy atom. The zero-order valence-corrected chi connectivity index (χ0v) is 12.5. The molecule has 0 aliphatic rings. The van der Waals surface area contributed by atoms with Crippen LogP contribution in [-0.4, -0.2) is 16.8 Å². The van der Waals surface area contributed by atoms with Crippen LogP contribution in [-0.2, 0) is 4.84 Å². The molecule has 23 heavy (non-hydrogen) atoms. The van der Waals surface area contributed by atoms with Crippen LogP contribution >= 0.6 is 0 Å². The Balaban J connectivity index is 1.72. The third-order valence-electron chi connectivity index (χ3n) is 3.21. The molecule has 0 aliphatic heterocycles. The summed E-state index contributed by atoms with van der Waals surface area (Å²) >= 11 is 0. The van der Waals surface area contributed by atoms with E-state index in [9.17, 15) is 4.79 Å². The normalized spacial score (nSPS) is 11.3. The summed E-state index contributed by atoms with van der Waals surface area (Å²) in [5.41, 5.74) is 2.51. The van der Waals surface area contributed by atoms with E-state index in [2.05, 4.69) is 10.3 Å². The molecule has 0 radical (unpaired) electrons. The summed E-state index contributed by atoms with van der Waals surface area (Å²) in [6.07, 6.45) is 0. The number of carbonyl (C=O) groups is 1. The zero-order valence-electron chi connectivity index (χ0n) is 12.5. The number of nitrogens with zero attached hydrogens (tertiary/aromatic N) is 2. The van der Waals surface area contributed by atoms with E-state index >= 15 is 0 Å². The van der Waals surface area contributed by atoms with Gasteiger partial charge in [0, 0.05) is 11.6 Å². The summed E-state index contributed by atoms with van der Waals surface area (Å²) in [6.45, 7) is 1.69. The summed E-state index contributed by atoms with van der Waals surface area (Å²) in [4.78, 5) is 16.8. The number of hydrogen-bond donors (Lipinski definition) is 0. The minimum Gasteiger partial charge on any atom is -0.354 e. The average Bonchev–Trinajstić information content (AvgIpc) is 3.11. The molecule has 5 nitrogen and oxygen atoms in total. The maximum atomic E-state index is 11.8. The van der Waals surface area contributed by atoms with Gasteiger partial charge in [0.05, 0.1) is 5.56 Å². The van der Waals surface area contributed by atoms with Crippen molar-refractivity contribution in [2.45, 2.75) is 6.92 Å². The molecule has 0 amide bonds. The van der Waals surface area contributed by atoms with Gasteiger partial charge in [-0.2, -0.15) is 0 Å². The molecule has 0 aliphatic carbocycles. The lowest BCUT2D eigenvalue weighted by molar-refractivity contribution is 0.0516. The van der Waals surface area contributed by atoms with E-state index in [4.69, 9.17) is 9.36 Å². The van der Waals surface area contributed by atoms with Gasteiger partial charge in [0.2, 0.25) is 0 Å². The van der Waals surface area contributed by atoms with Crippen molar-refractivity contribution in [3.05, 3.63) is 78.1 Å². The molecule has 1 aromatic heterocycles. The van der Waals surface area contributed by atoms with E-state index in [-0.39, 0.29) is 0 Å². The van der Waals surface area contributed by atoms with Crippen molar-refractivity contribution < 1.29 is 14.2 Å². The van der Waals surface area contributed by atoms with Crippen LogP contribution in [0.5, 0.6) is 0 Å². The number of oxime groups is 1. The van der Waals surface area contributed by atoms with Crippen molar-refractivity contribution in [2.75, 3.05) is 0 Å². The second kappa shape index (κ2) is 6.70. The van der Waals surface area contributed by atoms with Crippen LogP contribution in [0.2, 0.25) is 0 Å². The predicted octanol–water partition coefficient (Wildman–Crippen LogP) is 3.92. The summed E-state index contributed by atoms with van der Waals surface area (Å²) < 4.78 is 5.25. The summed E-state index contributed by atoms with van der Waals surface area (Å²) in [7, 11) is 0. The van der Waals surface area contributed by atoms with Gasteiger partial charge >= 0.3 is 5.97 Å². The van der Waals surface area contributed by atoms with Crippen molar-refractivity contribution in [3.8, 4) is 11.3 Å². The van der Waals surface area contributed by atoms with E-state index < -0.39 is 5.97 Å². The molecular weight excluding hydrogens is 292 g/mol. The second-order valence-electron chi connectivity index (χ2n) is 4.86. The maximum absolute atomic E-state index is 11.8. The molecule has 0 spiro atoms. The van der Waals surface area contributed by atoms with Gasteiger partial charge in [-0.25, -0.2) is 4.79 Å². The largest absolute Gasteiger partial charge is 0.365 e. The Morgan fingerprint density at radius 3 is 2.39 bits per heavy atom. The highest BCUT2D eigenvalue weighted by Crippen LogP contribution is 2.19. The number of benzene rings is 2. The molecule has 5 heteroatoms. The van der Waals surface area contributed by atoms with Crippen LogP contribution in [0.1, 0.15) is 23.0 Å². The molecule has 0 saturated heterocycles. The van der Waals surface area contributed by atoms with Gasteiger partial charge in [-0.1, -0.05) is 58.8 Å². The number of rotatable bonds is 4. The van der Waals surface area contributed by atoms with Crippen molar-refractivity contribution in [3.63, 3.8) is 0 Å². The molecule has 114 valence electrons. The summed E-state index contributed by atoms with van der Waals surface area (Å²) in [5.74, 6) is -0.0718. The first-order chi connectivity index (χ1) is 11.2. The first kappa shape index (κ1) is 14.7. The monoisotopic (exact) mass is 306 g/mol. The predicted molar refractivity (Wildman–Crippen MR) is 86.0 cm³/mol. The van der Waals surface area contributed by atoms with Crippen LogP contribution in [0.15, 0.2) is 76.4 Å². The lowest BCUT2D eigenvalue weighted by Crippen LogP contribution is -2.03. The minimum absolute atomic E-state index is 0.434. The lowest BCUT2D eigenvalue weighted by atomic mass is 10.1. The molecule has 1 heterocycles. The highest BCUT2D eigenvalue weighted by molar-refractivity contribution is 5.97. The van der Waals surface area contributed by atoms with E-state index in [1.165, 1.54) is 0 Å². The van der Waals surface area contributed by atoms with Crippen molar-refractivity contribution in [1.29, 1.82) is 0 Å². The van der Waals surface area contributed by atoms with Gasteiger partial charge in [-0.05, 0) is 19.1 Å². The van der Waals surface area contributed by atoms with Gasteiger partial charge in [0.25, 0.3) is 0 Å². The molecule has 0 unspecified atom stereocenters. The Kier molecular flexibility index (Phi) is 4.29. The van der Waals surface area contributed by atoms with Crippen LogP contribution in [0.25, 0.3) is 11.3 Å². The van der Waals surface area contributed by atoms with E-state index in [1.54, 1.807) is 37.3 Å². The smallest absolute Gasteiger partial charge is 0.354 e. The number of hydrogen-bond acceptors (Lipinski definition) is 5. The van der Waals surface area contributed by atoms with Gasteiger partial charge < -0.3 is 9.36 Å². The van der Waals surface area contributed by atoms with Gasteiger partial charge in [-0.3, -0.25) is 0 Å². The van der Waals surface area contributed by atoms with Gasteiger partial charge in [0.1, 0.15) is 11.4 Å². The molecule has 3 aromatic rings. The quantitative estimate of drug-likeness (QED) is 0.416. The summed E-state index contributed by atoms with van der Waals surface area (Å²) in [5, 5.41) is 7.81. The first-order valence-corrected chi connectivity index (χ1v) is 7.07. The van der Waals surface area contributed by atoms with Crippen LogP contribution in [0, 0.1) is 0 Å². The third-order valence-corrected chi connectivity index (χ3v) is 3.21. The minimum atomic E-state index is -0.521.